The van der Waals surface area contributed by atoms with Gasteiger partial charge in [-0.1, -0.05) is 30.3 Å². The monoisotopic (exact) mass is 242 g/mol. The summed E-state index contributed by atoms with van der Waals surface area (Å²) in [6.45, 7) is 1.62. The molecule has 0 unspecified atom stereocenters. The summed E-state index contributed by atoms with van der Waals surface area (Å²) in [6.07, 6.45) is 3.44. The second-order valence-electron chi connectivity index (χ2n) is 4.88. The van der Waals surface area contributed by atoms with Gasteiger partial charge in [0, 0.05) is 18.5 Å². The fourth-order valence-electron chi connectivity index (χ4n) is 2.09. The highest BCUT2D eigenvalue weighted by atomic mass is 15.3. The molecule has 3 rings (SSSR count). The zero-order valence-electron chi connectivity index (χ0n) is 10.4. The van der Waals surface area contributed by atoms with Gasteiger partial charge < -0.3 is 5.73 Å². The Hall–Kier alpha value is -1.68. The molecule has 1 fully saturated rings. The Morgan fingerprint density at radius 3 is 2.67 bits per heavy atom. The lowest BCUT2D eigenvalue weighted by molar-refractivity contribution is 0.536. The maximum absolute atomic E-state index is 5.64. The van der Waals surface area contributed by atoms with E-state index in [4.69, 9.17) is 5.73 Å². The molecule has 18 heavy (non-hydrogen) atoms. The highest BCUT2D eigenvalue weighted by Crippen LogP contribution is 2.31. The standard InChI is InChI=1S/C14H18N4/c15-9-8-13-16-14(12-4-2-1-3-5-12)17-18(13)10-11-6-7-11/h1-5,11H,6-10,15H2. The molecule has 2 aromatic rings. The molecule has 0 spiro atoms. The lowest BCUT2D eigenvalue weighted by atomic mass is 10.2. The molecule has 2 N–H and O–H groups in total. The number of hydrogen-bond donors (Lipinski definition) is 1. The van der Waals surface area contributed by atoms with Crippen LogP contribution in [0.5, 0.6) is 0 Å². The van der Waals surface area contributed by atoms with Gasteiger partial charge in [-0.15, -0.1) is 0 Å². The van der Waals surface area contributed by atoms with E-state index >= 15 is 0 Å². The van der Waals surface area contributed by atoms with Crippen molar-refractivity contribution in [3.63, 3.8) is 0 Å². The highest BCUT2D eigenvalue weighted by molar-refractivity contribution is 5.53. The molecule has 0 radical (unpaired) electrons. The van der Waals surface area contributed by atoms with Crippen LogP contribution in [0.4, 0.5) is 0 Å². The van der Waals surface area contributed by atoms with Crippen molar-refractivity contribution in [1.82, 2.24) is 14.8 Å². The number of nitrogens with zero attached hydrogens (tertiary/aromatic N) is 3. The Morgan fingerprint density at radius 2 is 2.00 bits per heavy atom. The molecule has 4 nitrogen and oxygen atoms in total. The van der Waals surface area contributed by atoms with E-state index in [-0.39, 0.29) is 0 Å². The van der Waals surface area contributed by atoms with Crippen molar-refractivity contribution in [1.29, 1.82) is 0 Å². The van der Waals surface area contributed by atoms with Crippen LogP contribution in [0.25, 0.3) is 11.4 Å². The predicted octanol–water partition coefficient (Wildman–Crippen LogP) is 1.86. The first-order chi connectivity index (χ1) is 8.86. The molecule has 94 valence electrons. The average Bonchev–Trinajstić information content (AvgIpc) is 3.13. The molecule has 0 saturated heterocycles. The molecule has 1 aliphatic carbocycles. The van der Waals surface area contributed by atoms with E-state index in [2.05, 4.69) is 10.1 Å². The van der Waals surface area contributed by atoms with Crippen LogP contribution in [0.3, 0.4) is 0 Å². The summed E-state index contributed by atoms with van der Waals surface area (Å²) in [5.41, 5.74) is 6.72. The SMILES string of the molecule is NCCc1nc(-c2ccccc2)nn1CC1CC1. The quantitative estimate of drug-likeness (QED) is 0.870. The number of hydrogen-bond acceptors (Lipinski definition) is 3. The van der Waals surface area contributed by atoms with Crippen molar-refractivity contribution in [3.8, 4) is 11.4 Å². The van der Waals surface area contributed by atoms with E-state index in [0.717, 1.165) is 36.1 Å². The maximum atomic E-state index is 5.64. The van der Waals surface area contributed by atoms with Gasteiger partial charge in [-0.05, 0) is 25.3 Å². The highest BCUT2D eigenvalue weighted by Gasteiger charge is 2.24. The van der Waals surface area contributed by atoms with E-state index < -0.39 is 0 Å². The van der Waals surface area contributed by atoms with Crippen LogP contribution < -0.4 is 5.73 Å². The summed E-state index contributed by atoms with van der Waals surface area (Å²) in [7, 11) is 0. The van der Waals surface area contributed by atoms with E-state index in [1.54, 1.807) is 0 Å². The third kappa shape index (κ3) is 2.43. The van der Waals surface area contributed by atoms with Gasteiger partial charge in [0.25, 0.3) is 0 Å². The largest absolute Gasteiger partial charge is 0.330 e. The average molecular weight is 242 g/mol. The molecule has 1 heterocycles. The molecular formula is C14H18N4. The smallest absolute Gasteiger partial charge is 0.181 e. The van der Waals surface area contributed by atoms with Crippen LogP contribution in [-0.2, 0) is 13.0 Å². The summed E-state index contributed by atoms with van der Waals surface area (Å²) < 4.78 is 2.05. The Kier molecular flexibility index (Phi) is 3.11. The molecular weight excluding hydrogens is 224 g/mol. The minimum atomic E-state index is 0.623. The van der Waals surface area contributed by atoms with Gasteiger partial charge in [-0.2, -0.15) is 5.10 Å². The molecule has 4 heteroatoms. The summed E-state index contributed by atoms with van der Waals surface area (Å²) >= 11 is 0. The lowest BCUT2D eigenvalue weighted by Crippen LogP contribution is -2.12. The third-order valence-corrected chi connectivity index (χ3v) is 3.28. The van der Waals surface area contributed by atoms with E-state index in [0.29, 0.717) is 6.54 Å². The number of nitrogens with two attached hydrogens (primary N) is 1. The summed E-state index contributed by atoms with van der Waals surface area (Å²) in [4.78, 5) is 4.62. The normalized spacial score (nSPS) is 14.9. The van der Waals surface area contributed by atoms with Crippen LogP contribution in [0.2, 0.25) is 0 Å². The summed E-state index contributed by atoms with van der Waals surface area (Å²) in [6, 6.07) is 10.1. The van der Waals surface area contributed by atoms with Crippen LogP contribution >= 0.6 is 0 Å². The van der Waals surface area contributed by atoms with Crippen molar-refractivity contribution in [2.75, 3.05) is 6.54 Å². The van der Waals surface area contributed by atoms with Gasteiger partial charge in [0.15, 0.2) is 5.82 Å². The Labute approximate surface area is 107 Å². The van der Waals surface area contributed by atoms with Crippen LogP contribution in [-0.4, -0.2) is 21.3 Å². The van der Waals surface area contributed by atoms with E-state index in [9.17, 15) is 0 Å². The number of rotatable bonds is 5. The van der Waals surface area contributed by atoms with Gasteiger partial charge in [0.2, 0.25) is 0 Å². The van der Waals surface area contributed by atoms with Gasteiger partial charge in [0.05, 0.1) is 0 Å². The topological polar surface area (TPSA) is 56.7 Å². The molecule has 0 atom stereocenters. The molecule has 1 aromatic heterocycles. The van der Waals surface area contributed by atoms with E-state index in [1.165, 1.54) is 12.8 Å². The fourth-order valence-corrected chi connectivity index (χ4v) is 2.09. The molecule has 1 aliphatic rings. The fraction of sp³-hybridized carbons (Fsp3) is 0.429. The zero-order chi connectivity index (χ0) is 12.4. The maximum Gasteiger partial charge on any atom is 0.181 e. The first-order valence-corrected chi connectivity index (χ1v) is 6.56. The number of aromatic nitrogens is 3. The van der Waals surface area contributed by atoms with Crippen molar-refractivity contribution in [3.05, 3.63) is 36.2 Å². The Bertz CT molecular complexity index is 514. The van der Waals surface area contributed by atoms with Gasteiger partial charge in [-0.3, -0.25) is 0 Å². The zero-order valence-corrected chi connectivity index (χ0v) is 10.4. The van der Waals surface area contributed by atoms with Crippen molar-refractivity contribution in [2.45, 2.75) is 25.8 Å². The molecule has 1 aromatic carbocycles. The molecule has 1 saturated carbocycles. The molecule has 0 aliphatic heterocycles. The minimum Gasteiger partial charge on any atom is -0.330 e. The van der Waals surface area contributed by atoms with Crippen molar-refractivity contribution >= 4 is 0 Å². The summed E-state index contributed by atoms with van der Waals surface area (Å²) in [5, 5.41) is 4.63. The Balaban J connectivity index is 1.90. The third-order valence-electron chi connectivity index (χ3n) is 3.28. The summed E-state index contributed by atoms with van der Waals surface area (Å²) in [5.74, 6) is 2.63. The lowest BCUT2D eigenvalue weighted by Gasteiger charge is -2.02. The van der Waals surface area contributed by atoms with Gasteiger partial charge >= 0.3 is 0 Å². The first kappa shape index (κ1) is 11.4. The second-order valence-corrected chi connectivity index (χ2v) is 4.88. The van der Waals surface area contributed by atoms with Crippen LogP contribution in [0.15, 0.2) is 30.3 Å². The van der Waals surface area contributed by atoms with Crippen LogP contribution in [0.1, 0.15) is 18.7 Å². The predicted molar refractivity (Wildman–Crippen MR) is 70.9 cm³/mol. The number of benzene rings is 1. The molecule has 0 bridgehead atoms. The van der Waals surface area contributed by atoms with E-state index in [1.807, 2.05) is 35.0 Å². The second kappa shape index (κ2) is 4.90. The van der Waals surface area contributed by atoms with Crippen molar-refractivity contribution < 1.29 is 0 Å². The van der Waals surface area contributed by atoms with Gasteiger partial charge in [-0.25, -0.2) is 9.67 Å². The van der Waals surface area contributed by atoms with Crippen molar-refractivity contribution in [2.24, 2.45) is 11.7 Å². The first-order valence-electron chi connectivity index (χ1n) is 6.56. The van der Waals surface area contributed by atoms with Gasteiger partial charge in [0.1, 0.15) is 5.82 Å². The minimum absolute atomic E-state index is 0.623. The Morgan fingerprint density at radius 1 is 1.22 bits per heavy atom. The van der Waals surface area contributed by atoms with Crippen LogP contribution in [0, 0.1) is 5.92 Å². The molecule has 0 amide bonds.